The summed E-state index contributed by atoms with van der Waals surface area (Å²) in [6, 6.07) is 23.3. The standard InChI is InChI=1S/C28H23NO3/c1-29-26(30)25-13-7-12-24(28(25,32-2)27(29)31)17-14-15-22-20-10-4-3-8-18(20)19-9-5-6-11-21(19)23(22)16-17/h3-12,14-16,24-25H,13H2,1-2H3/t24-,25-,28+/m1/s1. The highest BCUT2D eigenvalue weighted by molar-refractivity contribution is 6.25. The Morgan fingerprint density at radius 1 is 0.844 bits per heavy atom. The van der Waals surface area contributed by atoms with Crippen molar-refractivity contribution in [3.63, 3.8) is 0 Å². The first-order valence-electron chi connectivity index (χ1n) is 10.9. The minimum absolute atomic E-state index is 0.163. The maximum Gasteiger partial charge on any atom is 0.262 e. The summed E-state index contributed by atoms with van der Waals surface area (Å²) < 4.78 is 5.93. The molecule has 0 unspecified atom stereocenters. The van der Waals surface area contributed by atoms with Gasteiger partial charge in [-0.05, 0) is 50.4 Å². The molecule has 2 amide bonds. The van der Waals surface area contributed by atoms with Crippen molar-refractivity contribution in [2.75, 3.05) is 14.2 Å². The SMILES string of the molecule is CO[C@]12C(=O)N(C)C(=O)[C@H]1CC=C[C@@H]2c1ccc2c3ccccc3c3ccccc3c2c1. The van der Waals surface area contributed by atoms with E-state index < -0.39 is 11.5 Å². The van der Waals surface area contributed by atoms with Gasteiger partial charge in [0.2, 0.25) is 5.91 Å². The van der Waals surface area contributed by atoms with Gasteiger partial charge >= 0.3 is 0 Å². The van der Waals surface area contributed by atoms with Crippen LogP contribution in [0.3, 0.4) is 0 Å². The summed E-state index contributed by atoms with van der Waals surface area (Å²) in [4.78, 5) is 27.3. The van der Waals surface area contributed by atoms with E-state index in [9.17, 15) is 9.59 Å². The smallest absolute Gasteiger partial charge is 0.262 e. The fraction of sp³-hybridized carbons (Fsp3) is 0.214. The van der Waals surface area contributed by atoms with Crippen molar-refractivity contribution >= 4 is 44.1 Å². The molecule has 0 radical (unpaired) electrons. The van der Waals surface area contributed by atoms with Crippen molar-refractivity contribution in [3.05, 3.63) is 84.4 Å². The summed E-state index contributed by atoms with van der Waals surface area (Å²) in [5, 5.41) is 7.14. The van der Waals surface area contributed by atoms with Crippen LogP contribution in [0.25, 0.3) is 32.3 Å². The van der Waals surface area contributed by atoms with E-state index in [1.807, 2.05) is 12.2 Å². The van der Waals surface area contributed by atoms with E-state index in [2.05, 4.69) is 66.7 Å². The second-order valence-electron chi connectivity index (χ2n) is 8.79. The normalized spacial score (nSPS) is 25.2. The molecule has 0 N–H and O–H groups in total. The summed E-state index contributed by atoms with van der Waals surface area (Å²) in [5.41, 5.74) is -0.210. The lowest BCUT2D eigenvalue weighted by atomic mass is 9.70. The predicted octanol–water partition coefficient (Wildman–Crippen LogP) is 5.19. The summed E-state index contributed by atoms with van der Waals surface area (Å²) in [6.45, 7) is 0. The fourth-order valence-corrected chi connectivity index (χ4v) is 5.88. The van der Waals surface area contributed by atoms with E-state index in [1.54, 1.807) is 14.2 Å². The zero-order valence-electron chi connectivity index (χ0n) is 18.0. The molecule has 32 heavy (non-hydrogen) atoms. The van der Waals surface area contributed by atoms with Crippen LogP contribution in [0.15, 0.2) is 78.9 Å². The first kappa shape index (κ1) is 19.2. The Balaban J connectivity index is 1.64. The molecule has 0 bridgehead atoms. The largest absolute Gasteiger partial charge is 0.367 e. The number of methoxy groups -OCH3 is 1. The third kappa shape index (κ3) is 2.30. The van der Waals surface area contributed by atoms with E-state index in [0.717, 1.165) is 10.9 Å². The van der Waals surface area contributed by atoms with Gasteiger partial charge in [0, 0.05) is 20.1 Å². The number of imide groups is 1. The Hall–Kier alpha value is -3.50. The molecular formula is C28H23NO3. The molecule has 0 aromatic heterocycles. The van der Waals surface area contributed by atoms with E-state index in [1.165, 1.54) is 31.8 Å². The van der Waals surface area contributed by atoms with Gasteiger partial charge in [-0.1, -0.05) is 72.8 Å². The summed E-state index contributed by atoms with van der Waals surface area (Å²) in [7, 11) is 3.11. The van der Waals surface area contributed by atoms with Crippen molar-refractivity contribution in [2.24, 2.45) is 5.92 Å². The second-order valence-corrected chi connectivity index (χ2v) is 8.79. The van der Waals surface area contributed by atoms with E-state index in [-0.39, 0.29) is 17.7 Å². The minimum Gasteiger partial charge on any atom is -0.367 e. The van der Waals surface area contributed by atoms with Crippen LogP contribution in [0.5, 0.6) is 0 Å². The number of amides is 2. The zero-order valence-corrected chi connectivity index (χ0v) is 18.0. The highest BCUT2D eigenvalue weighted by Gasteiger charge is 2.63. The van der Waals surface area contributed by atoms with E-state index >= 15 is 0 Å². The van der Waals surface area contributed by atoms with Gasteiger partial charge in [0.05, 0.1) is 5.92 Å². The van der Waals surface area contributed by atoms with Crippen LogP contribution in [0.1, 0.15) is 17.9 Å². The van der Waals surface area contributed by atoms with E-state index in [0.29, 0.717) is 6.42 Å². The average Bonchev–Trinajstić information content (AvgIpc) is 3.05. The molecule has 1 saturated heterocycles. The van der Waals surface area contributed by atoms with Gasteiger partial charge in [0.25, 0.3) is 5.91 Å². The number of hydrogen-bond donors (Lipinski definition) is 0. The number of nitrogens with zero attached hydrogens (tertiary/aromatic N) is 1. The van der Waals surface area contributed by atoms with Crippen LogP contribution in [-0.4, -0.2) is 36.5 Å². The molecule has 6 rings (SSSR count). The van der Waals surface area contributed by atoms with Crippen LogP contribution >= 0.6 is 0 Å². The topological polar surface area (TPSA) is 46.6 Å². The number of carbonyl (C=O) groups is 2. The van der Waals surface area contributed by atoms with Crippen molar-refractivity contribution in [2.45, 2.75) is 17.9 Å². The Bertz CT molecular complexity index is 1430. The monoisotopic (exact) mass is 421 g/mol. The summed E-state index contributed by atoms with van der Waals surface area (Å²) >= 11 is 0. The van der Waals surface area contributed by atoms with Gasteiger partial charge in [0.1, 0.15) is 0 Å². The molecule has 158 valence electrons. The van der Waals surface area contributed by atoms with Gasteiger partial charge in [-0.3, -0.25) is 14.5 Å². The quantitative estimate of drug-likeness (QED) is 0.254. The molecule has 4 aromatic carbocycles. The Labute approximate surface area is 186 Å². The summed E-state index contributed by atoms with van der Waals surface area (Å²) in [5.74, 6) is -1.25. The molecule has 0 saturated carbocycles. The molecule has 1 heterocycles. The number of carbonyl (C=O) groups excluding carboxylic acids is 2. The highest BCUT2D eigenvalue weighted by Crippen LogP contribution is 2.49. The van der Waals surface area contributed by atoms with Gasteiger partial charge in [0.15, 0.2) is 5.60 Å². The zero-order chi connectivity index (χ0) is 22.0. The number of likely N-dealkylation sites (N-methyl/N-ethyl adjacent to an activating group) is 1. The number of rotatable bonds is 2. The van der Waals surface area contributed by atoms with Crippen LogP contribution < -0.4 is 0 Å². The third-order valence-corrected chi connectivity index (χ3v) is 7.41. The Kier molecular flexibility index (Phi) is 4.05. The number of fused-ring (bicyclic) bond motifs is 7. The maximum absolute atomic E-state index is 13.3. The molecular weight excluding hydrogens is 398 g/mol. The van der Waals surface area contributed by atoms with Crippen LogP contribution in [-0.2, 0) is 14.3 Å². The number of hydrogen-bond acceptors (Lipinski definition) is 3. The Morgan fingerprint density at radius 3 is 2.00 bits per heavy atom. The van der Waals surface area contributed by atoms with Crippen molar-refractivity contribution in [1.29, 1.82) is 0 Å². The van der Waals surface area contributed by atoms with Crippen molar-refractivity contribution in [3.8, 4) is 0 Å². The molecule has 2 aliphatic rings. The first-order chi connectivity index (χ1) is 15.6. The first-order valence-corrected chi connectivity index (χ1v) is 10.9. The molecule has 4 aromatic rings. The third-order valence-electron chi connectivity index (χ3n) is 7.41. The number of benzene rings is 4. The van der Waals surface area contributed by atoms with Crippen molar-refractivity contribution in [1.82, 2.24) is 4.90 Å². The van der Waals surface area contributed by atoms with Crippen LogP contribution in [0, 0.1) is 5.92 Å². The van der Waals surface area contributed by atoms with Crippen molar-refractivity contribution < 1.29 is 14.3 Å². The molecule has 3 atom stereocenters. The van der Waals surface area contributed by atoms with Gasteiger partial charge in [-0.15, -0.1) is 0 Å². The molecule has 1 fully saturated rings. The molecule has 1 aliphatic carbocycles. The maximum atomic E-state index is 13.3. The lowest BCUT2D eigenvalue weighted by molar-refractivity contribution is -0.150. The Morgan fingerprint density at radius 2 is 1.41 bits per heavy atom. The lowest BCUT2D eigenvalue weighted by Crippen LogP contribution is -2.50. The highest BCUT2D eigenvalue weighted by atomic mass is 16.5. The van der Waals surface area contributed by atoms with Gasteiger partial charge < -0.3 is 4.74 Å². The molecule has 4 heteroatoms. The van der Waals surface area contributed by atoms with Crippen LogP contribution in [0.2, 0.25) is 0 Å². The van der Waals surface area contributed by atoms with E-state index in [4.69, 9.17) is 4.74 Å². The summed E-state index contributed by atoms with van der Waals surface area (Å²) in [6.07, 6.45) is 4.56. The fourth-order valence-electron chi connectivity index (χ4n) is 5.88. The average molecular weight is 421 g/mol. The second kappa shape index (κ2) is 6.75. The van der Waals surface area contributed by atoms with Gasteiger partial charge in [-0.25, -0.2) is 0 Å². The number of likely N-dealkylation sites (tertiary alicyclic amines) is 1. The number of allylic oxidation sites excluding steroid dienone is 1. The molecule has 1 aliphatic heterocycles. The van der Waals surface area contributed by atoms with Crippen LogP contribution in [0.4, 0.5) is 0 Å². The molecule has 0 spiro atoms. The molecule has 4 nitrogen and oxygen atoms in total. The number of ether oxygens (including phenoxy) is 1. The van der Waals surface area contributed by atoms with Gasteiger partial charge in [-0.2, -0.15) is 0 Å². The predicted molar refractivity (Wildman–Crippen MR) is 126 cm³/mol. The lowest BCUT2D eigenvalue weighted by Gasteiger charge is -2.38. The minimum atomic E-state index is -1.19.